The van der Waals surface area contributed by atoms with Crippen LogP contribution in [0.3, 0.4) is 0 Å². The largest absolute Gasteiger partial charge is 0.478 e. The Morgan fingerprint density at radius 3 is 2.69 bits per heavy atom. The molecule has 0 aromatic heterocycles. The number of amides is 1. The second kappa shape index (κ2) is 7.34. The zero-order valence-corrected chi connectivity index (χ0v) is 16.1. The molecule has 0 saturated heterocycles. The molecule has 0 fully saturated rings. The van der Waals surface area contributed by atoms with E-state index in [2.05, 4.69) is 5.32 Å². The van der Waals surface area contributed by atoms with Crippen molar-refractivity contribution in [1.29, 1.82) is 0 Å². The van der Waals surface area contributed by atoms with Gasteiger partial charge in [-0.25, -0.2) is 8.42 Å². The monoisotopic (exact) mass is 414 g/mol. The van der Waals surface area contributed by atoms with Crippen molar-refractivity contribution in [3.8, 4) is 5.75 Å². The summed E-state index contributed by atoms with van der Waals surface area (Å²) in [5.41, 5.74) is 0.774. The van der Waals surface area contributed by atoms with Crippen molar-refractivity contribution in [1.82, 2.24) is 0 Å². The van der Waals surface area contributed by atoms with Crippen molar-refractivity contribution >= 4 is 50.5 Å². The molecule has 0 spiro atoms. The van der Waals surface area contributed by atoms with E-state index < -0.39 is 22.0 Å². The number of halogens is 2. The molecule has 3 rings (SSSR count). The number of anilines is 2. The van der Waals surface area contributed by atoms with Crippen LogP contribution in [0.1, 0.15) is 6.42 Å². The molecule has 26 heavy (non-hydrogen) atoms. The predicted octanol–water partition coefficient (Wildman–Crippen LogP) is 3.55. The van der Waals surface area contributed by atoms with Crippen LogP contribution in [-0.4, -0.2) is 33.2 Å². The fourth-order valence-corrected chi connectivity index (χ4v) is 3.95. The van der Waals surface area contributed by atoms with Crippen LogP contribution in [-0.2, 0) is 14.8 Å². The molecule has 0 saturated carbocycles. The van der Waals surface area contributed by atoms with Crippen LogP contribution in [0.5, 0.6) is 5.75 Å². The van der Waals surface area contributed by atoms with Crippen molar-refractivity contribution in [2.24, 2.45) is 0 Å². The molecule has 1 amide bonds. The van der Waals surface area contributed by atoms with Crippen LogP contribution in [0.4, 0.5) is 11.4 Å². The van der Waals surface area contributed by atoms with Crippen molar-refractivity contribution in [2.75, 3.05) is 22.4 Å². The fraction of sp³-hybridized carbons (Fsp3) is 0.235. The quantitative estimate of drug-likeness (QED) is 0.832. The minimum Gasteiger partial charge on any atom is -0.478 e. The molecule has 138 valence electrons. The molecule has 1 heterocycles. The number of para-hydroxylation sites is 2. The molecule has 6 nitrogen and oxygen atoms in total. The molecular weight excluding hydrogens is 399 g/mol. The summed E-state index contributed by atoms with van der Waals surface area (Å²) in [6.07, 6.45) is 0.430. The first-order valence-corrected chi connectivity index (χ1v) is 10.4. The number of sulfonamides is 1. The molecule has 2 aromatic rings. The number of hydrogen-bond donors (Lipinski definition) is 1. The van der Waals surface area contributed by atoms with E-state index in [-0.39, 0.29) is 13.0 Å². The Labute approximate surface area is 161 Å². The van der Waals surface area contributed by atoms with Gasteiger partial charge in [0.1, 0.15) is 5.75 Å². The zero-order valence-electron chi connectivity index (χ0n) is 13.8. The standard InChI is InChI=1S/C17H16Cl2N2O4S/c1-26(23,24)21-9-8-16(25-15-5-3-2-4-14(15)21)17(22)20-13-10-11(18)6-7-12(13)19/h2-7,10,16H,8-9H2,1H3,(H,20,22)/t16-/m1/s1. The van der Waals surface area contributed by atoms with E-state index in [1.54, 1.807) is 36.4 Å². The molecular formula is C17H16Cl2N2O4S. The SMILES string of the molecule is CS(=O)(=O)N1CC[C@H](C(=O)Nc2cc(Cl)ccc2Cl)Oc2ccccc21. The molecule has 1 aliphatic heterocycles. The van der Waals surface area contributed by atoms with Gasteiger partial charge >= 0.3 is 0 Å². The lowest BCUT2D eigenvalue weighted by Crippen LogP contribution is -2.36. The number of hydrogen-bond acceptors (Lipinski definition) is 4. The number of benzene rings is 2. The van der Waals surface area contributed by atoms with Crippen LogP contribution in [0.25, 0.3) is 0 Å². The minimum atomic E-state index is -3.50. The smallest absolute Gasteiger partial charge is 0.265 e. The Kier molecular flexibility index (Phi) is 5.32. The van der Waals surface area contributed by atoms with E-state index in [0.717, 1.165) is 6.26 Å². The van der Waals surface area contributed by atoms with Gasteiger partial charge in [-0.2, -0.15) is 0 Å². The lowest BCUT2D eigenvalue weighted by Gasteiger charge is -2.20. The van der Waals surface area contributed by atoms with Gasteiger partial charge in [-0.15, -0.1) is 0 Å². The summed E-state index contributed by atoms with van der Waals surface area (Å²) in [5, 5.41) is 3.46. The molecule has 1 N–H and O–H groups in total. The van der Waals surface area contributed by atoms with Gasteiger partial charge in [-0.05, 0) is 30.3 Å². The first-order chi connectivity index (χ1) is 12.3. The van der Waals surface area contributed by atoms with Gasteiger partial charge in [-0.1, -0.05) is 35.3 Å². The molecule has 0 radical (unpaired) electrons. The number of carbonyl (C=O) groups excluding carboxylic acids is 1. The Hall–Kier alpha value is -1.96. The van der Waals surface area contributed by atoms with Crippen molar-refractivity contribution in [2.45, 2.75) is 12.5 Å². The van der Waals surface area contributed by atoms with Crippen molar-refractivity contribution in [3.05, 3.63) is 52.5 Å². The molecule has 0 aliphatic carbocycles. The predicted molar refractivity (Wildman–Crippen MR) is 103 cm³/mol. The van der Waals surface area contributed by atoms with Crippen LogP contribution in [0.2, 0.25) is 10.0 Å². The van der Waals surface area contributed by atoms with Crippen LogP contribution >= 0.6 is 23.2 Å². The third-order valence-corrected chi connectivity index (χ3v) is 5.62. The maximum atomic E-state index is 12.6. The molecule has 0 unspecified atom stereocenters. The number of ether oxygens (including phenoxy) is 1. The number of nitrogens with one attached hydrogen (secondary N) is 1. The maximum absolute atomic E-state index is 12.6. The van der Waals surface area contributed by atoms with Gasteiger partial charge in [0.15, 0.2) is 6.10 Å². The van der Waals surface area contributed by atoms with Crippen molar-refractivity contribution in [3.63, 3.8) is 0 Å². The highest BCUT2D eigenvalue weighted by atomic mass is 35.5. The topological polar surface area (TPSA) is 75.7 Å². The second-order valence-corrected chi connectivity index (χ2v) is 8.56. The highest BCUT2D eigenvalue weighted by molar-refractivity contribution is 7.92. The van der Waals surface area contributed by atoms with Crippen LogP contribution < -0.4 is 14.4 Å². The van der Waals surface area contributed by atoms with Gasteiger partial charge in [0.2, 0.25) is 10.0 Å². The molecule has 2 aromatic carbocycles. The van der Waals surface area contributed by atoms with E-state index >= 15 is 0 Å². The van der Waals surface area contributed by atoms with Crippen LogP contribution in [0, 0.1) is 0 Å². The summed E-state index contributed by atoms with van der Waals surface area (Å²) in [7, 11) is -3.50. The normalized spacial score (nSPS) is 17.0. The van der Waals surface area contributed by atoms with Gasteiger partial charge in [-0.3, -0.25) is 9.10 Å². The Morgan fingerprint density at radius 1 is 1.23 bits per heavy atom. The third-order valence-electron chi connectivity index (χ3n) is 3.88. The van der Waals surface area contributed by atoms with Gasteiger partial charge in [0.05, 0.1) is 22.7 Å². The molecule has 1 atom stereocenters. The Bertz CT molecular complexity index is 950. The van der Waals surface area contributed by atoms with Gasteiger partial charge < -0.3 is 10.1 Å². The second-order valence-electron chi connectivity index (χ2n) is 5.81. The van der Waals surface area contributed by atoms with E-state index in [1.807, 2.05) is 0 Å². The van der Waals surface area contributed by atoms with E-state index in [4.69, 9.17) is 27.9 Å². The third kappa shape index (κ3) is 4.06. The van der Waals surface area contributed by atoms with Gasteiger partial charge in [0, 0.05) is 18.0 Å². The van der Waals surface area contributed by atoms with E-state index in [0.29, 0.717) is 27.2 Å². The molecule has 0 bridgehead atoms. The number of rotatable bonds is 3. The Balaban J connectivity index is 1.87. The Morgan fingerprint density at radius 2 is 1.96 bits per heavy atom. The summed E-state index contributed by atoms with van der Waals surface area (Å²) in [6, 6.07) is 11.4. The minimum absolute atomic E-state index is 0.122. The summed E-state index contributed by atoms with van der Waals surface area (Å²) in [4.78, 5) is 12.6. The van der Waals surface area contributed by atoms with Crippen LogP contribution in [0.15, 0.2) is 42.5 Å². The number of carbonyl (C=O) groups is 1. The lowest BCUT2D eigenvalue weighted by molar-refractivity contribution is -0.122. The summed E-state index contributed by atoms with van der Waals surface area (Å²) in [5.74, 6) is -0.105. The molecule has 9 heteroatoms. The van der Waals surface area contributed by atoms with Gasteiger partial charge in [0.25, 0.3) is 5.91 Å². The summed E-state index contributed by atoms with van der Waals surface area (Å²) < 4.78 is 31.2. The van der Waals surface area contributed by atoms with Crippen molar-refractivity contribution < 1.29 is 17.9 Å². The first kappa shape index (κ1) is 18.8. The van der Waals surface area contributed by atoms with E-state index in [1.165, 1.54) is 10.4 Å². The van der Waals surface area contributed by atoms with E-state index in [9.17, 15) is 13.2 Å². The first-order valence-electron chi connectivity index (χ1n) is 7.75. The average molecular weight is 415 g/mol. The zero-order chi connectivity index (χ0) is 18.9. The highest BCUT2D eigenvalue weighted by Gasteiger charge is 2.31. The highest BCUT2D eigenvalue weighted by Crippen LogP contribution is 2.34. The molecule has 1 aliphatic rings. The maximum Gasteiger partial charge on any atom is 0.265 e. The average Bonchev–Trinajstić information content (AvgIpc) is 2.77. The number of nitrogens with zero attached hydrogens (tertiary/aromatic N) is 1. The summed E-state index contributed by atoms with van der Waals surface area (Å²) >= 11 is 12.0. The number of fused-ring (bicyclic) bond motifs is 1. The fourth-order valence-electron chi connectivity index (χ4n) is 2.67. The summed E-state index contributed by atoms with van der Waals surface area (Å²) in [6.45, 7) is 0.122. The lowest BCUT2D eigenvalue weighted by atomic mass is 10.2.